The Bertz CT molecular complexity index is 802. The Morgan fingerprint density at radius 2 is 2.04 bits per heavy atom. The van der Waals surface area contributed by atoms with Gasteiger partial charge in [-0.2, -0.15) is 0 Å². The van der Waals surface area contributed by atoms with Crippen LogP contribution in [0.1, 0.15) is 16.1 Å². The molecule has 1 aromatic carbocycles. The van der Waals surface area contributed by atoms with E-state index in [2.05, 4.69) is 15.0 Å². The molecule has 1 saturated heterocycles. The Morgan fingerprint density at radius 3 is 2.70 bits per heavy atom. The minimum Gasteiger partial charge on any atom is -0.405 e. The zero-order valence-corrected chi connectivity index (χ0v) is 15.1. The second kappa shape index (κ2) is 7.12. The van der Waals surface area contributed by atoms with Gasteiger partial charge in [-0.15, -0.1) is 24.5 Å². The first kappa shape index (κ1) is 18.2. The van der Waals surface area contributed by atoms with Gasteiger partial charge in [0.05, 0.1) is 5.51 Å². The highest BCUT2D eigenvalue weighted by molar-refractivity contribution is 7.07. The lowest BCUT2D eigenvalue weighted by Gasteiger charge is -2.24. The fourth-order valence-corrected chi connectivity index (χ4v) is 4.36. The maximum Gasteiger partial charge on any atom is 0.573 e. The molecule has 2 unspecified atom stereocenters. The van der Waals surface area contributed by atoms with Crippen LogP contribution < -0.4 is 10.1 Å². The average Bonchev–Trinajstić information content (AvgIpc) is 3.07. The number of nitrogens with zero attached hydrogens (tertiary/aromatic N) is 2. The van der Waals surface area contributed by atoms with Crippen LogP contribution in [0.15, 0.2) is 35.2 Å². The van der Waals surface area contributed by atoms with Gasteiger partial charge < -0.3 is 15.0 Å². The molecule has 1 N–H and O–H groups in total. The van der Waals surface area contributed by atoms with E-state index in [-0.39, 0.29) is 18.2 Å². The maximum atomic E-state index is 12.9. The molecule has 1 saturated carbocycles. The summed E-state index contributed by atoms with van der Waals surface area (Å²) in [6, 6.07) is 5.94. The minimum atomic E-state index is -4.78. The van der Waals surface area contributed by atoms with Crippen molar-refractivity contribution in [3.8, 4) is 5.75 Å². The Hall–Kier alpha value is -2.13. The second-order valence-electron chi connectivity index (χ2n) is 6.86. The lowest BCUT2D eigenvalue weighted by atomic mass is 10.1. The van der Waals surface area contributed by atoms with Crippen molar-refractivity contribution in [2.24, 2.45) is 17.8 Å². The third-order valence-electron chi connectivity index (χ3n) is 5.20. The van der Waals surface area contributed by atoms with E-state index < -0.39 is 6.36 Å². The van der Waals surface area contributed by atoms with Crippen molar-refractivity contribution >= 4 is 17.2 Å². The van der Waals surface area contributed by atoms with Gasteiger partial charge in [0.15, 0.2) is 0 Å². The van der Waals surface area contributed by atoms with Gasteiger partial charge in [-0.3, -0.25) is 4.79 Å². The third-order valence-corrected chi connectivity index (χ3v) is 5.78. The predicted molar refractivity (Wildman–Crippen MR) is 93.3 cm³/mol. The third kappa shape index (κ3) is 4.08. The number of carbonyl (C=O) groups is 1. The van der Waals surface area contributed by atoms with Gasteiger partial charge in [0.1, 0.15) is 11.4 Å². The lowest BCUT2D eigenvalue weighted by molar-refractivity contribution is -0.275. The standard InChI is InChI=1S/C18H18F3N3O2S/c19-18(20,21)26-16-4-2-1-3-11(16)7-24(17(25)15-9-27-10-23-15)8-14-12-5-22-6-13(12)14/h1-4,9-10,12-14,22H,5-8H2. The molecule has 144 valence electrons. The van der Waals surface area contributed by atoms with E-state index in [0.717, 1.165) is 13.1 Å². The number of amides is 1. The zero-order chi connectivity index (χ0) is 19.0. The molecular weight excluding hydrogens is 379 g/mol. The van der Waals surface area contributed by atoms with E-state index >= 15 is 0 Å². The number of alkyl halides is 3. The fourth-order valence-electron chi connectivity index (χ4n) is 3.84. The van der Waals surface area contributed by atoms with Crippen LogP contribution in [-0.4, -0.2) is 41.8 Å². The summed E-state index contributed by atoms with van der Waals surface area (Å²) >= 11 is 1.31. The van der Waals surface area contributed by atoms with Gasteiger partial charge >= 0.3 is 6.36 Å². The Labute approximate surface area is 158 Å². The molecule has 2 atom stereocenters. The number of hydrogen-bond donors (Lipinski definition) is 1. The molecular formula is C18H18F3N3O2S. The second-order valence-corrected chi connectivity index (χ2v) is 7.58. The summed E-state index contributed by atoms with van der Waals surface area (Å²) < 4.78 is 42.2. The monoisotopic (exact) mass is 397 g/mol. The molecule has 5 nitrogen and oxygen atoms in total. The van der Waals surface area contributed by atoms with Gasteiger partial charge in [0.25, 0.3) is 5.91 Å². The van der Waals surface area contributed by atoms with Crippen LogP contribution in [-0.2, 0) is 6.54 Å². The van der Waals surface area contributed by atoms with Crippen molar-refractivity contribution in [2.45, 2.75) is 12.9 Å². The van der Waals surface area contributed by atoms with E-state index in [1.807, 2.05) is 0 Å². The number of fused-ring (bicyclic) bond motifs is 1. The number of hydrogen-bond acceptors (Lipinski definition) is 5. The Morgan fingerprint density at radius 1 is 1.30 bits per heavy atom. The van der Waals surface area contributed by atoms with Crippen molar-refractivity contribution in [3.63, 3.8) is 0 Å². The normalized spacial score (nSPS) is 23.7. The highest BCUT2D eigenvalue weighted by atomic mass is 32.1. The van der Waals surface area contributed by atoms with Gasteiger partial charge in [-0.25, -0.2) is 4.98 Å². The molecule has 9 heteroatoms. The van der Waals surface area contributed by atoms with Crippen LogP contribution >= 0.6 is 11.3 Å². The molecule has 1 aromatic heterocycles. The molecule has 0 spiro atoms. The molecule has 27 heavy (non-hydrogen) atoms. The summed E-state index contributed by atoms with van der Waals surface area (Å²) in [5.74, 6) is 0.911. The van der Waals surface area contributed by atoms with Crippen molar-refractivity contribution in [1.82, 2.24) is 15.2 Å². The highest BCUT2D eigenvalue weighted by Gasteiger charge is 2.53. The van der Waals surface area contributed by atoms with Crippen LogP contribution in [0, 0.1) is 17.8 Å². The molecule has 0 bridgehead atoms. The summed E-state index contributed by atoms with van der Waals surface area (Å²) in [4.78, 5) is 18.5. The van der Waals surface area contributed by atoms with Crippen molar-refractivity contribution in [1.29, 1.82) is 0 Å². The number of thiazole rings is 1. The molecule has 4 rings (SSSR count). The van der Waals surface area contributed by atoms with Crippen LogP contribution in [0.4, 0.5) is 13.2 Å². The number of nitrogens with one attached hydrogen (secondary N) is 1. The summed E-state index contributed by atoms with van der Waals surface area (Å²) in [6.45, 7) is 2.42. The van der Waals surface area contributed by atoms with E-state index in [9.17, 15) is 18.0 Å². The van der Waals surface area contributed by atoms with Crippen molar-refractivity contribution in [2.75, 3.05) is 19.6 Å². The van der Waals surface area contributed by atoms with Gasteiger partial charge in [-0.05, 0) is 36.9 Å². The molecule has 0 radical (unpaired) electrons. The Balaban J connectivity index is 1.55. The number of carbonyl (C=O) groups excluding carboxylic acids is 1. The predicted octanol–water partition coefficient (Wildman–Crippen LogP) is 3.15. The number of piperidine rings is 1. The van der Waals surface area contributed by atoms with Crippen molar-refractivity contribution in [3.05, 3.63) is 46.4 Å². The van der Waals surface area contributed by atoms with E-state index in [4.69, 9.17) is 0 Å². The number of halogens is 3. The fraction of sp³-hybridized carbons (Fsp3) is 0.444. The van der Waals surface area contributed by atoms with E-state index in [1.54, 1.807) is 27.9 Å². The van der Waals surface area contributed by atoms with Gasteiger partial charge in [0, 0.05) is 24.0 Å². The van der Waals surface area contributed by atoms with Crippen LogP contribution in [0.2, 0.25) is 0 Å². The van der Waals surface area contributed by atoms with Gasteiger partial charge in [-0.1, -0.05) is 18.2 Å². The smallest absolute Gasteiger partial charge is 0.405 e. The highest BCUT2D eigenvalue weighted by Crippen LogP contribution is 2.49. The minimum absolute atomic E-state index is 0.0476. The van der Waals surface area contributed by atoms with Crippen LogP contribution in [0.3, 0.4) is 0 Å². The number of rotatable bonds is 6. The first-order valence-electron chi connectivity index (χ1n) is 8.64. The molecule has 1 amide bonds. The summed E-state index contributed by atoms with van der Waals surface area (Å²) in [6.07, 6.45) is -4.78. The number of para-hydroxylation sites is 1. The lowest BCUT2D eigenvalue weighted by Crippen LogP contribution is -2.34. The maximum absolute atomic E-state index is 12.9. The Kier molecular flexibility index (Phi) is 4.81. The topological polar surface area (TPSA) is 54.5 Å². The average molecular weight is 397 g/mol. The summed E-state index contributed by atoms with van der Waals surface area (Å²) in [7, 11) is 0. The summed E-state index contributed by atoms with van der Waals surface area (Å²) in [5.41, 5.74) is 2.21. The molecule has 1 aliphatic heterocycles. The first-order valence-corrected chi connectivity index (χ1v) is 9.58. The summed E-state index contributed by atoms with van der Waals surface area (Å²) in [5, 5.41) is 4.96. The van der Waals surface area contributed by atoms with E-state index in [1.165, 1.54) is 23.5 Å². The van der Waals surface area contributed by atoms with Crippen LogP contribution in [0.5, 0.6) is 5.75 Å². The molecule has 2 heterocycles. The molecule has 1 aliphatic carbocycles. The first-order chi connectivity index (χ1) is 12.9. The van der Waals surface area contributed by atoms with E-state index in [0.29, 0.717) is 35.6 Å². The number of ether oxygens (including phenoxy) is 1. The van der Waals surface area contributed by atoms with Gasteiger partial charge in [0.2, 0.25) is 0 Å². The van der Waals surface area contributed by atoms with Crippen LogP contribution in [0.25, 0.3) is 0 Å². The quantitative estimate of drug-likeness (QED) is 0.814. The zero-order valence-electron chi connectivity index (χ0n) is 14.3. The molecule has 2 aromatic rings. The number of aromatic nitrogens is 1. The number of benzene rings is 1. The molecule has 2 aliphatic rings. The van der Waals surface area contributed by atoms with Crippen molar-refractivity contribution < 1.29 is 22.7 Å². The SMILES string of the molecule is O=C(c1cscn1)N(Cc1ccccc1OC(F)(F)F)CC1C2CNCC21. The molecule has 2 fully saturated rings. The largest absolute Gasteiger partial charge is 0.573 e.